The van der Waals surface area contributed by atoms with Crippen LogP contribution in [0.5, 0.6) is 0 Å². The highest BCUT2D eigenvalue weighted by Gasteiger charge is 2.10. The van der Waals surface area contributed by atoms with Crippen molar-refractivity contribution in [3.8, 4) is 11.3 Å². The predicted molar refractivity (Wildman–Crippen MR) is 76.0 cm³/mol. The van der Waals surface area contributed by atoms with Gasteiger partial charge in [-0.25, -0.2) is 14.8 Å². The van der Waals surface area contributed by atoms with Crippen molar-refractivity contribution in [1.29, 1.82) is 0 Å². The second-order valence-corrected chi connectivity index (χ2v) is 4.23. The number of nitrogens with one attached hydrogen (secondary N) is 1. The third kappa shape index (κ3) is 2.16. The number of aromatic nitrogens is 3. The summed E-state index contributed by atoms with van der Waals surface area (Å²) in [6.45, 7) is 0. The SMILES string of the molecule is O=C(O)/C=C/c1c[nH]c2ncnc(-c3ccccc3)c12. The number of carboxylic acid groups (broad SMARTS) is 1. The first-order valence-corrected chi connectivity index (χ1v) is 6.04. The van der Waals surface area contributed by atoms with Crippen LogP contribution in [-0.2, 0) is 4.79 Å². The Balaban J connectivity index is 2.22. The van der Waals surface area contributed by atoms with Crippen LogP contribution in [0.15, 0.2) is 48.9 Å². The molecular weight excluding hydrogens is 254 g/mol. The van der Waals surface area contributed by atoms with Crippen molar-refractivity contribution in [3.05, 3.63) is 54.5 Å². The van der Waals surface area contributed by atoms with Crippen LogP contribution in [0.1, 0.15) is 5.56 Å². The fourth-order valence-corrected chi connectivity index (χ4v) is 2.09. The molecule has 0 bridgehead atoms. The van der Waals surface area contributed by atoms with E-state index in [0.717, 1.165) is 28.3 Å². The third-order valence-corrected chi connectivity index (χ3v) is 2.95. The Morgan fingerprint density at radius 3 is 2.75 bits per heavy atom. The van der Waals surface area contributed by atoms with Crippen molar-refractivity contribution in [2.75, 3.05) is 0 Å². The van der Waals surface area contributed by atoms with Crippen LogP contribution in [0.3, 0.4) is 0 Å². The minimum Gasteiger partial charge on any atom is -0.478 e. The smallest absolute Gasteiger partial charge is 0.328 e. The van der Waals surface area contributed by atoms with Gasteiger partial charge in [0.15, 0.2) is 0 Å². The highest BCUT2D eigenvalue weighted by molar-refractivity contribution is 5.99. The van der Waals surface area contributed by atoms with Crippen LogP contribution in [0.2, 0.25) is 0 Å². The first-order chi connectivity index (χ1) is 9.75. The van der Waals surface area contributed by atoms with Crippen LogP contribution < -0.4 is 0 Å². The molecule has 2 N–H and O–H groups in total. The maximum atomic E-state index is 10.7. The van der Waals surface area contributed by atoms with E-state index in [9.17, 15) is 4.79 Å². The van der Waals surface area contributed by atoms with Gasteiger partial charge in [-0.3, -0.25) is 0 Å². The van der Waals surface area contributed by atoms with Crippen LogP contribution in [0, 0.1) is 0 Å². The van der Waals surface area contributed by atoms with Gasteiger partial charge in [-0.1, -0.05) is 30.3 Å². The average Bonchev–Trinajstić information content (AvgIpc) is 2.89. The molecule has 20 heavy (non-hydrogen) atoms. The van der Waals surface area contributed by atoms with Crippen LogP contribution >= 0.6 is 0 Å². The molecule has 5 nitrogen and oxygen atoms in total. The van der Waals surface area contributed by atoms with Gasteiger partial charge in [-0.05, 0) is 6.08 Å². The zero-order valence-electron chi connectivity index (χ0n) is 10.4. The van der Waals surface area contributed by atoms with Gasteiger partial charge in [0.25, 0.3) is 0 Å². The number of hydrogen-bond acceptors (Lipinski definition) is 3. The second-order valence-electron chi connectivity index (χ2n) is 4.23. The van der Waals surface area contributed by atoms with E-state index in [1.165, 1.54) is 12.4 Å². The third-order valence-electron chi connectivity index (χ3n) is 2.95. The minimum absolute atomic E-state index is 0.684. The molecule has 0 saturated heterocycles. The van der Waals surface area contributed by atoms with Crippen molar-refractivity contribution in [2.24, 2.45) is 0 Å². The standard InChI is InChI=1S/C15H11N3O2/c19-12(20)7-6-11-8-16-15-13(11)14(17-9-18-15)10-4-2-1-3-5-10/h1-9H,(H,19,20)(H,16,17,18)/b7-6+. The summed E-state index contributed by atoms with van der Waals surface area (Å²) in [5.41, 5.74) is 3.18. The summed E-state index contributed by atoms with van der Waals surface area (Å²) in [4.78, 5) is 22.2. The van der Waals surface area contributed by atoms with Crippen molar-refractivity contribution in [3.63, 3.8) is 0 Å². The maximum Gasteiger partial charge on any atom is 0.328 e. The molecule has 0 radical (unpaired) electrons. The molecule has 2 heterocycles. The Bertz CT molecular complexity index is 791. The van der Waals surface area contributed by atoms with Crippen molar-refractivity contribution >= 4 is 23.1 Å². The topological polar surface area (TPSA) is 78.9 Å². The quantitative estimate of drug-likeness (QED) is 0.714. The number of H-pyrrole nitrogens is 1. The Labute approximate surface area is 114 Å². The lowest BCUT2D eigenvalue weighted by atomic mass is 10.1. The average molecular weight is 265 g/mol. The lowest BCUT2D eigenvalue weighted by molar-refractivity contribution is -0.131. The number of hydrogen-bond donors (Lipinski definition) is 2. The molecule has 0 aliphatic carbocycles. The van der Waals surface area contributed by atoms with E-state index < -0.39 is 5.97 Å². The van der Waals surface area contributed by atoms with Crippen LogP contribution in [-0.4, -0.2) is 26.0 Å². The molecule has 0 unspecified atom stereocenters. The summed E-state index contributed by atoms with van der Waals surface area (Å²) in [5.74, 6) is -0.988. The highest BCUT2D eigenvalue weighted by Crippen LogP contribution is 2.28. The number of fused-ring (bicyclic) bond motifs is 1. The molecule has 2 aromatic heterocycles. The van der Waals surface area contributed by atoms with Gasteiger partial charge in [0.1, 0.15) is 12.0 Å². The van der Waals surface area contributed by atoms with Crippen molar-refractivity contribution in [2.45, 2.75) is 0 Å². The Morgan fingerprint density at radius 2 is 2.00 bits per heavy atom. The van der Waals surface area contributed by atoms with Crippen LogP contribution in [0.25, 0.3) is 28.4 Å². The van der Waals surface area contributed by atoms with Gasteiger partial charge in [-0.2, -0.15) is 0 Å². The Hall–Kier alpha value is -2.95. The number of nitrogens with zero attached hydrogens (tertiary/aromatic N) is 2. The minimum atomic E-state index is -0.988. The normalized spacial score (nSPS) is 11.2. The van der Waals surface area contributed by atoms with E-state index in [4.69, 9.17) is 5.11 Å². The molecule has 3 aromatic rings. The maximum absolute atomic E-state index is 10.7. The fourth-order valence-electron chi connectivity index (χ4n) is 2.09. The highest BCUT2D eigenvalue weighted by atomic mass is 16.4. The summed E-state index contributed by atoms with van der Waals surface area (Å²) in [5, 5.41) is 9.56. The summed E-state index contributed by atoms with van der Waals surface area (Å²) in [6, 6.07) is 9.72. The van der Waals surface area contributed by atoms with Gasteiger partial charge in [0.2, 0.25) is 0 Å². The van der Waals surface area contributed by atoms with Gasteiger partial charge in [0.05, 0.1) is 11.1 Å². The second kappa shape index (κ2) is 4.97. The number of aliphatic carboxylic acids is 1. The molecule has 0 saturated carbocycles. The van der Waals surface area contributed by atoms with E-state index in [1.54, 1.807) is 6.20 Å². The molecule has 0 aliphatic rings. The summed E-state index contributed by atoms with van der Waals surface area (Å²) in [7, 11) is 0. The number of benzene rings is 1. The Kier molecular flexibility index (Phi) is 3.01. The first kappa shape index (κ1) is 12.1. The van der Waals surface area contributed by atoms with Gasteiger partial charge in [0, 0.05) is 23.4 Å². The lowest BCUT2D eigenvalue weighted by Gasteiger charge is -2.02. The van der Waals surface area contributed by atoms with Crippen LogP contribution in [0.4, 0.5) is 0 Å². The molecule has 0 spiro atoms. The van der Waals surface area contributed by atoms with E-state index in [0.29, 0.717) is 5.65 Å². The summed E-state index contributed by atoms with van der Waals surface area (Å²) in [6.07, 6.45) is 5.86. The number of rotatable bonds is 3. The van der Waals surface area contributed by atoms with E-state index in [1.807, 2.05) is 30.3 Å². The molecule has 3 rings (SSSR count). The van der Waals surface area contributed by atoms with Crippen molar-refractivity contribution in [1.82, 2.24) is 15.0 Å². The zero-order valence-corrected chi connectivity index (χ0v) is 10.4. The Morgan fingerprint density at radius 1 is 1.20 bits per heavy atom. The van der Waals surface area contributed by atoms with Gasteiger partial charge < -0.3 is 10.1 Å². The van der Waals surface area contributed by atoms with E-state index in [2.05, 4.69) is 15.0 Å². The van der Waals surface area contributed by atoms with Gasteiger partial charge in [-0.15, -0.1) is 0 Å². The van der Waals surface area contributed by atoms with Crippen molar-refractivity contribution < 1.29 is 9.90 Å². The molecule has 0 aliphatic heterocycles. The predicted octanol–water partition coefficient (Wildman–Crippen LogP) is 2.72. The number of carboxylic acids is 1. The lowest BCUT2D eigenvalue weighted by Crippen LogP contribution is -1.89. The summed E-state index contributed by atoms with van der Waals surface area (Å²) >= 11 is 0. The first-order valence-electron chi connectivity index (χ1n) is 6.04. The van der Waals surface area contributed by atoms with E-state index in [-0.39, 0.29) is 0 Å². The monoisotopic (exact) mass is 265 g/mol. The molecular formula is C15H11N3O2. The fraction of sp³-hybridized carbons (Fsp3) is 0. The molecule has 98 valence electrons. The molecule has 0 fully saturated rings. The van der Waals surface area contributed by atoms with E-state index >= 15 is 0 Å². The molecule has 5 heteroatoms. The summed E-state index contributed by atoms with van der Waals surface area (Å²) < 4.78 is 0. The van der Waals surface area contributed by atoms with Gasteiger partial charge >= 0.3 is 5.97 Å². The molecule has 0 amide bonds. The zero-order chi connectivity index (χ0) is 13.9. The molecule has 0 atom stereocenters. The largest absolute Gasteiger partial charge is 0.478 e. The number of carbonyl (C=O) groups is 1. The number of aromatic amines is 1. The molecule has 1 aromatic carbocycles.